The summed E-state index contributed by atoms with van der Waals surface area (Å²) in [5.41, 5.74) is 13.7. The zero-order chi connectivity index (χ0) is 36.4. The highest BCUT2D eigenvalue weighted by Crippen LogP contribution is 2.61. The minimum Gasteiger partial charge on any atom is -0.496 e. The molecule has 7 heteroatoms. The summed E-state index contributed by atoms with van der Waals surface area (Å²) in [5.74, 6) is 2.86. The molecular formula is C44H62N4O3. The number of aryl methyl sites for hydroxylation is 2. The number of hydrogen-bond acceptors (Lipinski definition) is 6. The minimum atomic E-state index is -0.440. The molecule has 4 fully saturated rings. The lowest BCUT2D eigenvalue weighted by molar-refractivity contribution is -0.175. The molecule has 3 aromatic rings. The van der Waals surface area contributed by atoms with Gasteiger partial charge >= 0.3 is 0 Å². The number of ether oxygens (including phenoxy) is 1. The molecule has 1 aliphatic heterocycles. The van der Waals surface area contributed by atoms with Crippen molar-refractivity contribution >= 4 is 11.6 Å². The van der Waals surface area contributed by atoms with Gasteiger partial charge in [-0.05, 0) is 96.4 Å². The third-order valence-corrected chi connectivity index (χ3v) is 12.8. The Bertz CT molecular complexity index is 1640. The molecule has 7 rings (SSSR count). The van der Waals surface area contributed by atoms with E-state index in [4.69, 9.17) is 15.3 Å². The molecule has 51 heavy (non-hydrogen) atoms. The smallest absolute Gasteiger partial charge is 0.240 e. The molecule has 0 spiro atoms. The van der Waals surface area contributed by atoms with Gasteiger partial charge in [0.2, 0.25) is 5.91 Å². The molecule has 7 nitrogen and oxygen atoms in total. The van der Waals surface area contributed by atoms with E-state index in [1.54, 1.807) is 7.11 Å². The average molecular weight is 695 g/mol. The van der Waals surface area contributed by atoms with Crippen LogP contribution < -0.4 is 20.7 Å². The van der Waals surface area contributed by atoms with Gasteiger partial charge in [-0.25, -0.2) is 0 Å². The summed E-state index contributed by atoms with van der Waals surface area (Å²) in [5, 5.41) is 5.44. The highest BCUT2D eigenvalue weighted by atomic mass is 16.7. The van der Waals surface area contributed by atoms with Crippen LogP contribution in [0.4, 0.5) is 5.69 Å². The maximum atomic E-state index is 14.4. The Hall–Kier alpha value is -3.39. The molecule has 3 aliphatic carbocycles. The number of nitrogens with one attached hydrogen (secondary N) is 1. The Balaban J connectivity index is 1.24. The van der Waals surface area contributed by atoms with Crippen LogP contribution in [-0.2, 0) is 29.0 Å². The lowest BCUT2D eigenvalue weighted by Crippen LogP contribution is -2.62. The first-order chi connectivity index (χ1) is 24.4. The van der Waals surface area contributed by atoms with Crippen LogP contribution in [0.15, 0.2) is 66.7 Å². The molecule has 276 valence electrons. The van der Waals surface area contributed by atoms with E-state index in [0.717, 1.165) is 54.5 Å². The number of nitrogens with zero attached hydrogens (tertiary/aromatic N) is 2. The van der Waals surface area contributed by atoms with Gasteiger partial charge in [0.25, 0.3) is 0 Å². The van der Waals surface area contributed by atoms with Crippen molar-refractivity contribution < 1.29 is 14.4 Å². The third kappa shape index (κ3) is 7.72. The van der Waals surface area contributed by atoms with Crippen molar-refractivity contribution in [2.45, 2.75) is 97.9 Å². The highest BCUT2D eigenvalue weighted by Gasteiger charge is 2.57. The fourth-order valence-electron chi connectivity index (χ4n) is 9.63. The van der Waals surface area contributed by atoms with E-state index < -0.39 is 6.04 Å². The summed E-state index contributed by atoms with van der Waals surface area (Å²) in [7, 11) is 5.94. The molecule has 0 radical (unpaired) electrons. The van der Waals surface area contributed by atoms with Crippen LogP contribution in [0.25, 0.3) is 11.1 Å². The molecular weight excluding hydrogens is 633 g/mol. The summed E-state index contributed by atoms with van der Waals surface area (Å²) in [4.78, 5) is 23.1. The summed E-state index contributed by atoms with van der Waals surface area (Å²) in [6.07, 6.45) is 6.48. The number of methoxy groups -OCH3 is 1. The summed E-state index contributed by atoms with van der Waals surface area (Å²) in [6.45, 7) is 12.3. The lowest BCUT2D eigenvalue weighted by Gasteiger charge is -2.62. The topological polar surface area (TPSA) is 80.1 Å². The second-order valence-electron chi connectivity index (χ2n) is 16.8. The fourth-order valence-corrected chi connectivity index (χ4v) is 9.63. The van der Waals surface area contributed by atoms with Gasteiger partial charge < -0.3 is 20.7 Å². The molecule has 1 amide bonds. The minimum absolute atomic E-state index is 0.0183. The second-order valence-corrected chi connectivity index (χ2v) is 16.8. The molecule has 3 aromatic carbocycles. The van der Waals surface area contributed by atoms with Gasteiger partial charge in [0, 0.05) is 49.4 Å². The molecule has 3 N–H and O–H groups in total. The van der Waals surface area contributed by atoms with Gasteiger partial charge in [0.15, 0.2) is 0 Å². The maximum absolute atomic E-state index is 14.4. The first-order valence-corrected chi connectivity index (χ1v) is 19.4. The zero-order valence-corrected chi connectivity index (χ0v) is 32.3. The van der Waals surface area contributed by atoms with Gasteiger partial charge in [0.05, 0.1) is 19.8 Å². The number of para-hydroxylation sites is 1. The van der Waals surface area contributed by atoms with Gasteiger partial charge in [-0.2, -0.15) is 5.06 Å². The predicted octanol–water partition coefficient (Wildman–Crippen LogP) is 7.90. The van der Waals surface area contributed by atoms with Crippen molar-refractivity contribution in [2.75, 3.05) is 32.6 Å². The Morgan fingerprint density at radius 3 is 2.37 bits per heavy atom. The average Bonchev–Trinajstić information content (AvgIpc) is 3.49. The van der Waals surface area contributed by atoms with Gasteiger partial charge in [-0.1, -0.05) is 89.2 Å². The predicted molar refractivity (Wildman–Crippen MR) is 209 cm³/mol. The fraction of sp³-hybridized carbons (Fsp3) is 0.568. The number of hydrogen-bond donors (Lipinski definition) is 2. The third-order valence-electron chi connectivity index (χ3n) is 12.8. The Morgan fingerprint density at radius 2 is 1.75 bits per heavy atom. The number of carbonyl (C=O) groups excluding carboxylic acids is 1. The van der Waals surface area contributed by atoms with E-state index >= 15 is 0 Å². The molecule has 3 saturated carbocycles. The number of amides is 1. The van der Waals surface area contributed by atoms with Crippen molar-refractivity contribution in [2.24, 2.45) is 40.7 Å². The SMILES string of the molecule is COc1c(CN2O[C@@H](CN)[C@@H](C(C)C)[C@H]2C(=O)N[C@H]2C[C@H]3C[C@@H]([C@@H]2C)C3(C)C)cccc1-c1cc(CCCCc2ccccc2)cc(N(C)C)c1. The van der Waals surface area contributed by atoms with Crippen LogP contribution in [0, 0.1) is 35.0 Å². The monoisotopic (exact) mass is 694 g/mol. The Morgan fingerprint density at radius 1 is 1.02 bits per heavy atom. The van der Waals surface area contributed by atoms with Gasteiger partial charge in [0.1, 0.15) is 11.8 Å². The van der Waals surface area contributed by atoms with Crippen LogP contribution in [0.3, 0.4) is 0 Å². The number of nitrogens with two attached hydrogens (primary N) is 1. The zero-order valence-electron chi connectivity index (χ0n) is 32.3. The first-order valence-electron chi connectivity index (χ1n) is 19.4. The van der Waals surface area contributed by atoms with E-state index in [-0.39, 0.29) is 29.9 Å². The van der Waals surface area contributed by atoms with E-state index in [2.05, 4.69) is 126 Å². The largest absolute Gasteiger partial charge is 0.496 e. The maximum Gasteiger partial charge on any atom is 0.240 e. The normalized spacial score (nSPS) is 26.9. The summed E-state index contributed by atoms with van der Waals surface area (Å²) in [6, 6.07) is 23.7. The first kappa shape index (κ1) is 37.4. The number of fused-ring (bicyclic) bond motifs is 2. The van der Waals surface area contributed by atoms with E-state index in [9.17, 15) is 4.79 Å². The molecule has 0 unspecified atom stereocenters. The molecule has 1 saturated heterocycles. The number of hydroxylamine groups is 2. The van der Waals surface area contributed by atoms with Crippen LogP contribution in [0.5, 0.6) is 5.75 Å². The lowest BCUT2D eigenvalue weighted by atomic mass is 9.45. The highest BCUT2D eigenvalue weighted by molar-refractivity contribution is 5.83. The number of anilines is 1. The van der Waals surface area contributed by atoms with Crippen molar-refractivity contribution in [1.29, 1.82) is 0 Å². The van der Waals surface area contributed by atoms with Crippen LogP contribution >= 0.6 is 0 Å². The molecule has 0 aromatic heterocycles. The number of unbranched alkanes of at least 4 members (excludes halogenated alkanes) is 1. The standard InChI is InChI=1S/C44H62N4O3/c1-28(2)40-39(26-45)51-48(41(40)43(49)46-38-25-34-24-37(29(38)3)44(34,4)5)27-32-19-14-20-36(42(32)50-8)33-21-31(22-35(23-33)47(6)7)18-13-12-17-30-15-10-9-11-16-30/h9-11,14-16,19-23,28-29,34,37-41H,12-13,17-18,24-27,45H2,1-8H3,(H,46,49)/t29-,34+,37-,38-,39-,40+,41-/m0/s1. The van der Waals surface area contributed by atoms with Gasteiger partial charge in [-0.15, -0.1) is 0 Å². The van der Waals surface area contributed by atoms with Crippen molar-refractivity contribution in [3.63, 3.8) is 0 Å². The van der Waals surface area contributed by atoms with Crippen molar-refractivity contribution in [1.82, 2.24) is 10.4 Å². The molecule has 1 heterocycles. The Kier molecular flexibility index (Phi) is 11.5. The number of benzene rings is 3. The number of carbonyl (C=O) groups is 1. The molecule has 4 aliphatic rings. The quantitative estimate of drug-likeness (QED) is 0.167. The van der Waals surface area contributed by atoms with E-state index in [1.807, 2.05) is 5.06 Å². The number of rotatable bonds is 14. The summed E-state index contributed by atoms with van der Waals surface area (Å²) >= 11 is 0. The Labute approximate surface area is 307 Å². The van der Waals surface area contributed by atoms with Crippen LogP contribution in [-0.4, -0.2) is 56.9 Å². The van der Waals surface area contributed by atoms with E-state index in [1.165, 1.54) is 23.2 Å². The van der Waals surface area contributed by atoms with Crippen molar-refractivity contribution in [3.05, 3.63) is 83.4 Å². The van der Waals surface area contributed by atoms with Crippen LogP contribution in [0.1, 0.15) is 77.0 Å². The van der Waals surface area contributed by atoms with Crippen LogP contribution in [0.2, 0.25) is 0 Å². The second kappa shape index (κ2) is 15.7. The summed E-state index contributed by atoms with van der Waals surface area (Å²) < 4.78 is 6.20. The van der Waals surface area contributed by atoms with Gasteiger partial charge in [-0.3, -0.25) is 9.63 Å². The molecule has 7 atom stereocenters. The van der Waals surface area contributed by atoms with E-state index in [0.29, 0.717) is 36.3 Å². The molecule has 2 bridgehead atoms. The van der Waals surface area contributed by atoms with Crippen molar-refractivity contribution in [3.8, 4) is 16.9 Å².